The molecule has 158 valence electrons. The van der Waals surface area contributed by atoms with Gasteiger partial charge in [-0.05, 0) is 52.9 Å². The van der Waals surface area contributed by atoms with Crippen molar-refractivity contribution < 1.29 is 14.3 Å². The zero-order valence-corrected chi connectivity index (χ0v) is 19.9. The topological polar surface area (TPSA) is 49.8 Å². The number of likely N-dealkylation sites (tertiary alicyclic amines) is 1. The summed E-state index contributed by atoms with van der Waals surface area (Å²) in [6, 6.07) is 1.86. The fraction of sp³-hybridized carbons (Fsp3) is 0.773. The second-order valence-corrected chi connectivity index (χ2v) is 15.9. The molecule has 28 heavy (non-hydrogen) atoms. The summed E-state index contributed by atoms with van der Waals surface area (Å²) in [5, 5.41) is 14.5. The minimum absolute atomic E-state index is 0.191. The maximum Gasteiger partial charge on any atom is 0.320 e. The number of aliphatic carboxylic acids is 1. The van der Waals surface area contributed by atoms with E-state index < -0.39 is 14.3 Å². The highest BCUT2D eigenvalue weighted by atomic mass is 32.1. The van der Waals surface area contributed by atoms with Gasteiger partial charge < -0.3 is 9.53 Å². The van der Waals surface area contributed by atoms with E-state index in [0.717, 1.165) is 26.1 Å². The van der Waals surface area contributed by atoms with E-state index in [0.29, 0.717) is 17.8 Å². The van der Waals surface area contributed by atoms with Crippen molar-refractivity contribution in [2.75, 3.05) is 19.7 Å². The second kappa shape index (κ2) is 8.58. The van der Waals surface area contributed by atoms with Crippen LogP contribution in [-0.2, 0) is 9.22 Å². The molecule has 1 saturated heterocycles. The zero-order valence-electron chi connectivity index (χ0n) is 18.1. The molecule has 2 aliphatic rings. The number of carboxylic acids is 1. The fourth-order valence-corrected chi connectivity index (χ4v) is 5.96. The van der Waals surface area contributed by atoms with Crippen molar-refractivity contribution in [2.24, 2.45) is 11.8 Å². The lowest BCUT2D eigenvalue weighted by Gasteiger charge is -2.37. The molecule has 0 bridgehead atoms. The Balaban J connectivity index is 1.72. The van der Waals surface area contributed by atoms with Gasteiger partial charge in [0.2, 0.25) is 0 Å². The summed E-state index contributed by atoms with van der Waals surface area (Å²) < 4.78 is 6.58. The molecule has 3 atom stereocenters. The summed E-state index contributed by atoms with van der Waals surface area (Å²) in [5.41, 5.74) is 1.35. The number of thiophene rings is 1. The molecule has 1 aliphatic heterocycles. The molecule has 2 fully saturated rings. The van der Waals surface area contributed by atoms with Crippen LogP contribution in [0.1, 0.15) is 57.9 Å². The average Bonchev–Trinajstić information content (AvgIpc) is 3.19. The number of carboxylic acid groups (broad SMARTS) is 1. The molecule has 1 saturated carbocycles. The van der Waals surface area contributed by atoms with Gasteiger partial charge in [0.25, 0.3) is 0 Å². The Kier molecular flexibility index (Phi) is 6.74. The Morgan fingerprint density at radius 3 is 2.57 bits per heavy atom. The van der Waals surface area contributed by atoms with Gasteiger partial charge in [-0.3, -0.25) is 9.69 Å². The highest BCUT2D eigenvalue weighted by molar-refractivity contribution is 7.08. The van der Waals surface area contributed by atoms with Crippen LogP contribution in [0.25, 0.3) is 0 Å². The summed E-state index contributed by atoms with van der Waals surface area (Å²) in [4.78, 5) is 14.3. The molecule has 1 aromatic heterocycles. The highest BCUT2D eigenvalue weighted by Crippen LogP contribution is 2.41. The van der Waals surface area contributed by atoms with E-state index in [9.17, 15) is 9.90 Å². The molecule has 1 aromatic rings. The van der Waals surface area contributed by atoms with Gasteiger partial charge in [0.05, 0.1) is 0 Å². The first kappa shape index (κ1) is 22.0. The van der Waals surface area contributed by atoms with E-state index in [-0.39, 0.29) is 11.1 Å². The third kappa shape index (κ3) is 4.89. The largest absolute Gasteiger partial charge is 0.480 e. The third-order valence-electron chi connectivity index (χ3n) is 7.41. The van der Waals surface area contributed by atoms with Crippen molar-refractivity contribution in [3.63, 3.8) is 0 Å². The van der Waals surface area contributed by atoms with Crippen molar-refractivity contribution in [1.82, 2.24) is 4.90 Å². The van der Waals surface area contributed by atoms with Gasteiger partial charge in [0.1, 0.15) is 6.04 Å². The smallest absolute Gasteiger partial charge is 0.320 e. The Hall–Kier alpha value is -0.693. The summed E-state index contributed by atoms with van der Waals surface area (Å²) in [6.07, 6.45) is 4.46. The van der Waals surface area contributed by atoms with Gasteiger partial charge >= 0.3 is 5.97 Å². The number of rotatable bonds is 8. The summed E-state index contributed by atoms with van der Waals surface area (Å²) >= 11 is 1.73. The van der Waals surface area contributed by atoms with E-state index in [1.807, 2.05) is 0 Å². The molecule has 4 nitrogen and oxygen atoms in total. The number of hydrogen-bond acceptors (Lipinski definition) is 4. The Labute approximate surface area is 175 Å². The average molecular weight is 424 g/mol. The molecule has 1 N–H and O–H groups in total. The Morgan fingerprint density at radius 2 is 2.07 bits per heavy atom. The summed E-state index contributed by atoms with van der Waals surface area (Å²) in [5.74, 6) is 0.691. The molecule has 6 heteroatoms. The molecular weight excluding hydrogens is 386 g/mol. The van der Waals surface area contributed by atoms with Crippen LogP contribution in [0.4, 0.5) is 0 Å². The minimum atomic E-state index is -1.81. The van der Waals surface area contributed by atoms with Crippen LogP contribution in [0.5, 0.6) is 0 Å². The van der Waals surface area contributed by atoms with Crippen LogP contribution in [-0.4, -0.2) is 50.0 Å². The first-order valence-corrected chi connectivity index (χ1v) is 14.6. The van der Waals surface area contributed by atoms with Crippen LogP contribution in [0.15, 0.2) is 16.8 Å². The van der Waals surface area contributed by atoms with Crippen molar-refractivity contribution >= 4 is 25.6 Å². The first-order valence-electron chi connectivity index (χ1n) is 10.7. The Morgan fingerprint density at radius 1 is 1.36 bits per heavy atom. The lowest BCUT2D eigenvalue weighted by molar-refractivity contribution is -0.144. The Bertz CT molecular complexity index is 651. The van der Waals surface area contributed by atoms with Crippen LogP contribution < -0.4 is 0 Å². The molecule has 0 amide bonds. The lowest BCUT2D eigenvalue weighted by Crippen LogP contribution is -2.43. The molecule has 0 spiro atoms. The third-order valence-corrected chi connectivity index (χ3v) is 12.6. The SMILES string of the molecule is CC(C)(C)[Si](C)(C)OC[C@H]1CN([C@H](CC2CCC2)C(=O)O)C[C@@H]1c1ccsc1. The fourth-order valence-electron chi connectivity index (χ4n) is 4.17. The molecular formula is C22H37NO3SSi. The first-order chi connectivity index (χ1) is 13.1. The number of nitrogens with zero attached hydrogens (tertiary/aromatic N) is 1. The van der Waals surface area contributed by atoms with E-state index in [2.05, 4.69) is 55.6 Å². The van der Waals surface area contributed by atoms with E-state index in [4.69, 9.17) is 4.43 Å². The van der Waals surface area contributed by atoms with Crippen LogP contribution in [0, 0.1) is 11.8 Å². The van der Waals surface area contributed by atoms with Crippen molar-refractivity contribution in [1.29, 1.82) is 0 Å². The van der Waals surface area contributed by atoms with E-state index in [1.54, 1.807) is 11.3 Å². The molecule has 3 rings (SSSR count). The number of hydrogen-bond donors (Lipinski definition) is 1. The van der Waals surface area contributed by atoms with Crippen molar-refractivity contribution in [3.05, 3.63) is 22.4 Å². The van der Waals surface area contributed by atoms with Gasteiger partial charge in [0.15, 0.2) is 8.32 Å². The second-order valence-electron chi connectivity index (χ2n) is 10.3. The normalized spacial score (nSPS) is 25.6. The zero-order chi connectivity index (χ0) is 20.5. The van der Waals surface area contributed by atoms with Crippen LogP contribution in [0.2, 0.25) is 18.1 Å². The summed E-state index contributed by atoms with van der Waals surface area (Å²) in [7, 11) is -1.81. The maximum absolute atomic E-state index is 12.0. The maximum atomic E-state index is 12.0. The molecule has 0 radical (unpaired) electrons. The van der Waals surface area contributed by atoms with Crippen molar-refractivity contribution in [3.8, 4) is 0 Å². The van der Waals surface area contributed by atoms with Crippen LogP contribution in [0.3, 0.4) is 0 Å². The van der Waals surface area contributed by atoms with Crippen LogP contribution >= 0.6 is 11.3 Å². The van der Waals surface area contributed by atoms with E-state index in [1.165, 1.54) is 24.8 Å². The highest BCUT2D eigenvalue weighted by Gasteiger charge is 2.43. The standard InChI is InChI=1S/C22H37NO3SSi/c1-22(2,3)28(4,5)26-14-18-12-23(13-19(18)17-9-10-27-15-17)20(21(24)25)11-16-7-6-8-16/h9-10,15-16,18-20H,6-8,11-14H2,1-5H3,(H,24,25)/t18-,19-,20-/m1/s1. The predicted octanol–water partition coefficient (Wildman–Crippen LogP) is 5.43. The van der Waals surface area contributed by atoms with Gasteiger partial charge in [0, 0.05) is 31.5 Å². The van der Waals surface area contributed by atoms with Gasteiger partial charge in [-0.15, -0.1) is 0 Å². The number of carbonyl (C=O) groups is 1. The monoisotopic (exact) mass is 423 g/mol. The van der Waals surface area contributed by atoms with Crippen molar-refractivity contribution in [2.45, 2.75) is 76.5 Å². The van der Waals surface area contributed by atoms with Gasteiger partial charge in [-0.25, -0.2) is 0 Å². The molecule has 2 heterocycles. The predicted molar refractivity (Wildman–Crippen MR) is 119 cm³/mol. The quantitative estimate of drug-likeness (QED) is 0.567. The van der Waals surface area contributed by atoms with Gasteiger partial charge in [-0.2, -0.15) is 11.3 Å². The lowest BCUT2D eigenvalue weighted by atomic mass is 9.80. The summed E-state index contributed by atoms with van der Waals surface area (Å²) in [6.45, 7) is 13.8. The van der Waals surface area contributed by atoms with Gasteiger partial charge in [-0.1, -0.05) is 40.0 Å². The molecule has 1 aliphatic carbocycles. The van der Waals surface area contributed by atoms with E-state index >= 15 is 0 Å². The minimum Gasteiger partial charge on any atom is -0.480 e. The molecule has 0 aromatic carbocycles. The molecule has 0 unspecified atom stereocenters.